The van der Waals surface area contributed by atoms with E-state index in [0.29, 0.717) is 37.5 Å². The zero-order chi connectivity index (χ0) is 18.5. The number of halogens is 2. The van der Waals surface area contributed by atoms with E-state index in [1.807, 2.05) is 6.92 Å². The third-order valence-electron chi connectivity index (χ3n) is 4.17. The molecular weight excluding hydrogens is 363 g/mol. The first-order chi connectivity index (χ1) is 11.7. The van der Waals surface area contributed by atoms with E-state index in [1.54, 1.807) is 47.8 Å². The standard InChI is InChI=1S/C18H16Cl2N2O3/c1-9-6-14-11(7-13(9)20)18(25)10-4-5-12(19)17(21(2)3)16(10)22(14)8-15(23)24/h4-7H,8H2,1-3H3,(H,23,24). The summed E-state index contributed by atoms with van der Waals surface area (Å²) in [7, 11) is 3.60. The van der Waals surface area contributed by atoms with Gasteiger partial charge in [0.15, 0.2) is 5.43 Å². The Kier molecular flexibility index (Phi) is 4.39. The topological polar surface area (TPSA) is 62.5 Å². The van der Waals surface area contributed by atoms with Crippen LogP contribution in [0.1, 0.15) is 5.56 Å². The van der Waals surface area contributed by atoms with Crippen molar-refractivity contribution in [2.75, 3.05) is 19.0 Å². The molecule has 1 heterocycles. The number of aliphatic carboxylic acids is 1. The van der Waals surface area contributed by atoms with Gasteiger partial charge in [0.25, 0.3) is 0 Å². The summed E-state index contributed by atoms with van der Waals surface area (Å²) in [4.78, 5) is 26.3. The van der Waals surface area contributed by atoms with Gasteiger partial charge in [0, 0.05) is 29.9 Å². The van der Waals surface area contributed by atoms with E-state index in [0.717, 1.165) is 5.56 Å². The van der Waals surface area contributed by atoms with E-state index in [4.69, 9.17) is 23.2 Å². The number of rotatable bonds is 3. The summed E-state index contributed by atoms with van der Waals surface area (Å²) in [5.74, 6) is -1.01. The average molecular weight is 379 g/mol. The molecule has 0 fully saturated rings. The summed E-state index contributed by atoms with van der Waals surface area (Å²) < 4.78 is 1.61. The number of carboxylic acid groups (broad SMARTS) is 1. The second-order valence-electron chi connectivity index (χ2n) is 6.11. The summed E-state index contributed by atoms with van der Waals surface area (Å²) >= 11 is 12.5. The van der Waals surface area contributed by atoms with Gasteiger partial charge in [-0.1, -0.05) is 23.2 Å². The van der Waals surface area contributed by atoms with Crippen molar-refractivity contribution >= 4 is 56.7 Å². The van der Waals surface area contributed by atoms with Gasteiger partial charge in [-0.25, -0.2) is 0 Å². The fraction of sp³-hybridized carbons (Fsp3) is 0.222. The molecule has 0 saturated carbocycles. The molecule has 0 aliphatic heterocycles. The van der Waals surface area contributed by atoms with Crippen molar-refractivity contribution in [3.05, 3.63) is 50.1 Å². The van der Waals surface area contributed by atoms with Crippen molar-refractivity contribution in [1.29, 1.82) is 0 Å². The quantitative estimate of drug-likeness (QED) is 0.701. The van der Waals surface area contributed by atoms with Crippen molar-refractivity contribution in [2.45, 2.75) is 13.5 Å². The van der Waals surface area contributed by atoms with E-state index in [9.17, 15) is 14.7 Å². The molecule has 1 N–H and O–H groups in total. The highest BCUT2D eigenvalue weighted by Crippen LogP contribution is 2.34. The summed E-state index contributed by atoms with van der Waals surface area (Å²) in [5.41, 5.74) is 2.19. The Morgan fingerprint density at radius 1 is 1.16 bits per heavy atom. The van der Waals surface area contributed by atoms with Crippen LogP contribution in [0.2, 0.25) is 10.0 Å². The van der Waals surface area contributed by atoms with Gasteiger partial charge in [-0.2, -0.15) is 0 Å². The molecule has 0 atom stereocenters. The van der Waals surface area contributed by atoms with Crippen LogP contribution >= 0.6 is 23.2 Å². The maximum atomic E-state index is 13.0. The minimum absolute atomic E-state index is 0.201. The lowest BCUT2D eigenvalue weighted by Crippen LogP contribution is -2.20. The Morgan fingerprint density at radius 3 is 2.44 bits per heavy atom. The predicted octanol–water partition coefficient (Wildman–Crippen LogP) is 3.92. The van der Waals surface area contributed by atoms with Gasteiger partial charge in [0.2, 0.25) is 0 Å². The number of anilines is 1. The molecule has 0 unspecified atom stereocenters. The second kappa shape index (κ2) is 6.24. The number of aromatic nitrogens is 1. The van der Waals surface area contributed by atoms with Crippen LogP contribution in [0.4, 0.5) is 5.69 Å². The zero-order valence-electron chi connectivity index (χ0n) is 13.9. The molecule has 7 heteroatoms. The highest BCUT2D eigenvalue weighted by Gasteiger charge is 2.19. The van der Waals surface area contributed by atoms with Crippen molar-refractivity contribution < 1.29 is 9.90 Å². The van der Waals surface area contributed by atoms with Gasteiger partial charge in [-0.15, -0.1) is 0 Å². The average Bonchev–Trinajstić information content (AvgIpc) is 2.52. The summed E-state index contributed by atoms with van der Waals surface area (Å²) in [6, 6.07) is 6.60. The van der Waals surface area contributed by atoms with Crippen LogP contribution in [0.15, 0.2) is 29.1 Å². The van der Waals surface area contributed by atoms with Crippen molar-refractivity contribution in [3.63, 3.8) is 0 Å². The van der Waals surface area contributed by atoms with Gasteiger partial charge in [0.05, 0.1) is 21.7 Å². The number of nitrogens with zero attached hydrogens (tertiary/aromatic N) is 2. The lowest BCUT2D eigenvalue weighted by Gasteiger charge is -2.22. The van der Waals surface area contributed by atoms with Crippen LogP contribution < -0.4 is 10.3 Å². The third kappa shape index (κ3) is 2.83. The first-order valence-corrected chi connectivity index (χ1v) is 8.32. The molecule has 0 aliphatic carbocycles. The first kappa shape index (κ1) is 17.6. The molecule has 0 bridgehead atoms. The molecule has 3 aromatic rings. The molecule has 130 valence electrons. The number of hydrogen-bond donors (Lipinski definition) is 1. The Bertz CT molecular complexity index is 1090. The third-order valence-corrected chi connectivity index (χ3v) is 4.88. The number of hydrogen-bond acceptors (Lipinski definition) is 3. The maximum Gasteiger partial charge on any atom is 0.323 e. The fourth-order valence-corrected chi connectivity index (χ4v) is 3.56. The van der Waals surface area contributed by atoms with Crippen LogP contribution in [0.5, 0.6) is 0 Å². The van der Waals surface area contributed by atoms with Crippen LogP contribution in [-0.4, -0.2) is 29.7 Å². The van der Waals surface area contributed by atoms with E-state index in [-0.39, 0.29) is 12.0 Å². The van der Waals surface area contributed by atoms with Gasteiger partial charge in [-0.3, -0.25) is 9.59 Å². The number of fused-ring (bicyclic) bond motifs is 2. The molecule has 0 saturated heterocycles. The van der Waals surface area contributed by atoms with Crippen LogP contribution in [-0.2, 0) is 11.3 Å². The van der Waals surface area contributed by atoms with Crippen LogP contribution in [0.25, 0.3) is 21.8 Å². The van der Waals surface area contributed by atoms with Gasteiger partial charge >= 0.3 is 5.97 Å². The molecule has 25 heavy (non-hydrogen) atoms. The monoisotopic (exact) mass is 378 g/mol. The highest BCUT2D eigenvalue weighted by molar-refractivity contribution is 6.35. The van der Waals surface area contributed by atoms with Gasteiger partial charge in [-0.05, 0) is 36.8 Å². The first-order valence-electron chi connectivity index (χ1n) is 7.56. The SMILES string of the molecule is Cc1cc2c(cc1Cl)c(=O)c1ccc(Cl)c(N(C)C)c1n2CC(=O)O. The van der Waals surface area contributed by atoms with Gasteiger partial charge in [0.1, 0.15) is 6.54 Å². The minimum atomic E-state index is -1.01. The molecule has 0 aliphatic rings. The molecule has 2 aromatic carbocycles. The second-order valence-corrected chi connectivity index (χ2v) is 6.93. The predicted molar refractivity (Wildman–Crippen MR) is 102 cm³/mol. The van der Waals surface area contributed by atoms with E-state index < -0.39 is 5.97 Å². The fourth-order valence-electron chi connectivity index (χ4n) is 3.07. The van der Waals surface area contributed by atoms with Crippen molar-refractivity contribution in [3.8, 4) is 0 Å². The Labute approximate surface area is 154 Å². The summed E-state index contributed by atoms with van der Waals surface area (Å²) in [6.07, 6.45) is 0. The van der Waals surface area contributed by atoms with Crippen molar-refractivity contribution in [1.82, 2.24) is 4.57 Å². The molecule has 0 spiro atoms. The van der Waals surface area contributed by atoms with E-state index >= 15 is 0 Å². The normalized spacial score (nSPS) is 11.2. The smallest absolute Gasteiger partial charge is 0.323 e. The molecule has 0 amide bonds. The summed E-state index contributed by atoms with van der Waals surface area (Å²) in [6.45, 7) is 1.52. The minimum Gasteiger partial charge on any atom is -0.480 e. The van der Waals surface area contributed by atoms with Crippen LogP contribution in [0, 0.1) is 6.92 Å². The lowest BCUT2D eigenvalue weighted by atomic mass is 10.1. The lowest BCUT2D eigenvalue weighted by molar-refractivity contribution is -0.137. The number of carboxylic acids is 1. The zero-order valence-corrected chi connectivity index (χ0v) is 15.4. The molecular formula is C18H16Cl2N2O3. The maximum absolute atomic E-state index is 13.0. The largest absolute Gasteiger partial charge is 0.480 e. The Hall–Kier alpha value is -2.24. The van der Waals surface area contributed by atoms with E-state index in [2.05, 4.69) is 0 Å². The highest BCUT2D eigenvalue weighted by atomic mass is 35.5. The molecule has 0 radical (unpaired) electrons. The number of aryl methyl sites for hydroxylation is 1. The van der Waals surface area contributed by atoms with Crippen LogP contribution in [0.3, 0.4) is 0 Å². The van der Waals surface area contributed by atoms with Gasteiger partial charge < -0.3 is 14.6 Å². The number of pyridine rings is 1. The Morgan fingerprint density at radius 2 is 1.84 bits per heavy atom. The Balaban J connectivity index is 2.67. The molecule has 1 aromatic heterocycles. The number of carbonyl (C=O) groups is 1. The molecule has 3 rings (SSSR count). The summed E-state index contributed by atoms with van der Waals surface area (Å²) in [5, 5.41) is 11.1. The number of benzene rings is 2. The molecule has 5 nitrogen and oxygen atoms in total. The van der Waals surface area contributed by atoms with E-state index in [1.165, 1.54) is 0 Å². The van der Waals surface area contributed by atoms with Crippen molar-refractivity contribution in [2.24, 2.45) is 0 Å².